The summed E-state index contributed by atoms with van der Waals surface area (Å²) in [6.07, 6.45) is 2.84. The summed E-state index contributed by atoms with van der Waals surface area (Å²) < 4.78 is 13.4. The summed E-state index contributed by atoms with van der Waals surface area (Å²) in [6, 6.07) is 19.8. The molecule has 20 heavy (non-hydrogen) atoms. The molecule has 1 nitrogen and oxygen atoms in total. The Balaban J connectivity index is 0.00000180. The zero-order valence-corrected chi connectivity index (χ0v) is 14.1. The Hall–Kier alpha value is -0.750. The molecular weight excluding hydrogens is 310 g/mol. The van der Waals surface area contributed by atoms with Crippen molar-refractivity contribution in [3.63, 3.8) is 0 Å². The van der Waals surface area contributed by atoms with E-state index in [9.17, 15) is 4.57 Å². The van der Waals surface area contributed by atoms with Crippen LogP contribution in [0, 0.1) is 0 Å². The number of hydrogen-bond acceptors (Lipinski definition) is 1. The zero-order chi connectivity index (χ0) is 12.8. The number of hydrogen-bond donors (Lipinski definition) is 0. The van der Waals surface area contributed by atoms with Crippen molar-refractivity contribution >= 4 is 42.6 Å². The fourth-order valence-corrected chi connectivity index (χ4v) is 5.01. The largest absolute Gasteiger partial charge is 0.314 e. The van der Waals surface area contributed by atoms with Gasteiger partial charge < -0.3 is 4.57 Å². The summed E-state index contributed by atoms with van der Waals surface area (Å²) in [5, 5.41) is 1.95. The Kier molecular flexibility index (Phi) is 8.89. The van der Waals surface area contributed by atoms with Gasteiger partial charge >= 0.3 is 0 Å². The first-order valence-electron chi connectivity index (χ1n) is 6.47. The topological polar surface area (TPSA) is 17.1 Å². The molecule has 0 spiro atoms. The van der Waals surface area contributed by atoms with Gasteiger partial charge in [-0.1, -0.05) is 74.0 Å². The van der Waals surface area contributed by atoms with Crippen molar-refractivity contribution in [2.75, 3.05) is 6.16 Å². The smallest absolute Gasteiger partial charge is 0.143 e. The van der Waals surface area contributed by atoms with Gasteiger partial charge in [0.1, 0.15) is 7.14 Å². The molecule has 0 aliphatic carbocycles. The number of rotatable bonds is 5. The molecule has 0 fully saturated rings. The molecule has 0 N–H and O–H groups in total. The van der Waals surface area contributed by atoms with E-state index in [0.717, 1.165) is 29.6 Å². The molecule has 2 aromatic rings. The van der Waals surface area contributed by atoms with Gasteiger partial charge in [-0.05, 0) is 6.42 Å². The Morgan fingerprint density at radius 2 is 1.20 bits per heavy atom. The minimum absolute atomic E-state index is 0. The second kappa shape index (κ2) is 9.23. The van der Waals surface area contributed by atoms with Crippen LogP contribution < -0.4 is 10.6 Å². The Morgan fingerprint density at radius 1 is 0.800 bits per heavy atom. The lowest BCUT2D eigenvalue weighted by Crippen LogP contribution is -2.18. The highest BCUT2D eigenvalue weighted by Crippen LogP contribution is 2.43. The highest BCUT2D eigenvalue weighted by Gasteiger charge is 2.25. The molecule has 0 radical (unpaired) electrons. The van der Waals surface area contributed by atoms with Crippen molar-refractivity contribution in [3.05, 3.63) is 60.7 Å². The molecule has 0 aliphatic heterocycles. The van der Waals surface area contributed by atoms with Crippen LogP contribution in [0.15, 0.2) is 60.7 Å². The minimum atomic E-state index is -2.44. The molecular formula is C16H21Cl2OP. The van der Waals surface area contributed by atoms with Crippen LogP contribution >= 0.6 is 32.0 Å². The van der Waals surface area contributed by atoms with E-state index in [2.05, 4.69) is 6.92 Å². The van der Waals surface area contributed by atoms with Gasteiger partial charge in [-0.2, -0.15) is 0 Å². The molecule has 0 saturated heterocycles. The van der Waals surface area contributed by atoms with Crippen molar-refractivity contribution < 1.29 is 4.57 Å². The summed E-state index contributed by atoms with van der Waals surface area (Å²) in [4.78, 5) is 0. The molecule has 0 saturated carbocycles. The average Bonchev–Trinajstić information content (AvgIpc) is 2.46. The molecule has 2 aromatic carbocycles. The van der Waals surface area contributed by atoms with Gasteiger partial charge in [0.15, 0.2) is 0 Å². The summed E-state index contributed by atoms with van der Waals surface area (Å²) in [5.41, 5.74) is 0. The van der Waals surface area contributed by atoms with Crippen molar-refractivity contribution in [1.29, 1.82) is 0 Å². The Bertz CT molecular complexity index is 485. The van der Waals surface area contributed by atoms with E-state index in [4.69, 9.17) is 0 Å². The molecule has 110 valence electrons. The Labute approximate surface area is 134 Å². The molecule has 0 bridgehead atoms. The van der Waals surface area contributed by atoms with Crippen LogP contribution in [0.5, 0.6) is 0 Å². The monoisotopic (exact) mass is 330 g/mol. The van der Waals surface area contributed by atoms with Crippen molar-refractivity contribution in [2.24, 2.45) is 0 Å². The zero-order valence-electron chi connectivity index (χ0n) is 11.6. The molecule has 0 unspecified atom stereocenters. The van der Waals surface area contributed by atoms with E-state index in [1.165, 1.54) is 0 Å². The van der Waals surface area contributed by atoms with Gasteiger partial charge in [0.05, 0.1) is 0 Å². The van der Waals surface area contributed by atoms with Crippen LogP contribution in [0.2, 0.25) is 0 Å². The van der Waals surface area contributed by atoms with Crippen molar-refractivity contribution in [3.8, 4) is 0 Å². The van der Waals surface area contributed by atoms with Gasteiger partial charge in [-0.15, -0.1) is 24.8 Å². The third-order valence-corrected chi connectivity index (χ3v) is 6.38. The van der Waals surface area contributed by atoms with Crippen molar-refractivity contribution in [1.82, 2.24) is 0 Å². The van der Waals surface area contributed by atoms with E-state index in [0.29, 0.717) is 0 Å². The molecule has 4 heteroatoms. The summed E-state index contributed by atoms with van der Waals surface area (Å²) >= 11 is 0. The van der Waals surface area contributed by atoms with E-state index in [1.54, 1.807) is 0 Å². The van der Waals surface area contributed by atoms with Crippen LogP contribution in [0.1, 0.15) is 19.8 Å². The van der Waals surface area contributed by atoms with Crippen LogP contribution in [-0.4, -0.2) is 6.16 Å². The fourth-order valence-electron chi connectivity index (χ4n) is 2.13. The van der Waals surface area contributed by atoms with Crippen LogP contribution in [-0.2, 0) is 4.57 Å². The van der Waals surface area contributed by atoms with Gasteiger partial charge in [0.25, 0.3) is 0 Å². The number of unbranched alkanes of at least 4 members (excludes halogenated alkanes) is 1. The predicted molar refractivity (Wildman–Crippen MR) is 94.0 cm³/mol. The average molecular weight is 331 g/mol. The maximum absolute atomic E-state index is 13.4. The molecule has 0 amide bonds. The SMILES string of the molecule is CCCCP(=O)(c1ccccc1)c1ccccc1.Cl.Cl. The Morgan fingerprint density at radius 3 is 1.55 bits per heavy atom. The minimum Gasteiger partial charge on any atom is -0.314 e. The second-order valence-electron chi connectivity index (χ2n) is 4.49. The second-order valence-corrected chi connectivity index (χ2v) is 7.45. The van der Waals surface area contributed by atoms with Crippen LogP contribution in [0.3, 0.4) is 0 Å². The normalized spacial score (nSPS) is 10.2. The molecule has 2 rings (SSSR count). The summed E-state index contributed by atoms with van der Waals surface area (Å²) in [5.74, 6) is 0. The molecule has 0 atom stereocenters. The first-order chi connectivity index (χ1) is 8.77. The molecule has 0 aromatic heterocycles. The third kappa shape index (κ3) is 4.38. The summed E-state index contributed by atoms with van der Waals surface area (Å²) in [6.45, 7) is 2.14. The van der Waals surface area contributed by atoms with Gasteiger partial charge in [-0.3, -0.25) is 0 Å². The highest BCUT2D eigenvalue weighted by molar-refractivity contribution is 7.78. The van der Waals surface area contributed by atoms with E-state index >= 15 is 0 Å². The lowest BCUT2D eigenvalue weighted by molar-refractivity contribution is 0.585. The predicted octanol–water partition coefficient (Wildman–Crippen LogP) is 4.64. The first kappa shape index (κ1) is 19.2. The van der Waals surface area contributed by atoms with E-state index < -0.39 is 7.14 Å². The highest BCUT2D eigenvalue weighted by atomic mass is 35.5. The maximum Gasteiger partial charge on any atom is 0.143 e. The summed E-state index contributed by atoms with van der Waals surface area (Å²) in [7, 11) is -2.44. The van der Waals surface area contributed by atoms with E-state index in [1.807, 2.05) is 60.7 Å². The van der Waals surface area contributed by atoms with Gasteiger partial charge in [0, 0.05) is 16.8 Å². The van der Waals surface area contributed by atoms with Crippen LogP contribution in [0.25, 0.3) is 0 Å². The first-order valence-corrected chi connectivity index (χ1v) is 8.37. The van der Waals surface area contributed by atoms with Crippen molar-refractivity contribution in [2.45, 2.75) is 19.8 Å². The standard InChI is InChI=1S/C16H19OP.2ClH/c1-2-3-14-18(17,15-10-6-4-7-11-15)16-12-8-5-9-13-16;;/h4-13H,2-3,14H2,1H3;2*1H. The third-order valence-electron chi connectivity index (χ3n) is 3.17. The molecule has 0 aliphatic rings. The number of benzene rings is 2. The van der Waals surface area contributed by atoms with Crippen LogP contribution in [0.4, 0.5) is 0 Å². The van der Waals surface area contributed by atoms with Gasteiger partial charge in [0.2, 0.25) is 0 Å². The van der Waals surface area contributed by atoms with E-state index in [-0.39, 0.29) is 24.8 Å². The maximum atomic E-state index is 13.4. The lowest BCUT2D eigenvalue weighted by Gasteiger charge is -2.19. The lowest BCUT2D eigenvalue weighted by atomic mass is 10.4. The number of halogens is 2. The fraction of sp³-hybridized carbons (Fsp3) is 0.250. The molecule has 0 heterocycles. The quantitative estimate of drug-likeness (QED) is 0.729. The van der Waals surface area contributed by atoms with Gasteiger partial charge in [-0.25, -0.2) is 0 Å².